The number of benzene rings is 1. The average molecular weight is 384 g/mol. The van der Waals surface area contributed by atoms with Crippen molar-refractivity contribution in [2.75, 3.05) is 13.1 Å². The number of likely N-dealkylation sites (tertiary alicyclic amines) is 1. The Hall–Kier alpha value is -0.0461. The number of carbonyl (C=O) groups is 1. The van der Waals surface area contributed by atoms with Crippen LogP contribution in [-0.2, 0) is 37.5 Å². The molecule has 1 saturated heterocycles. The Labute approximate surface area is 164 Å². The van der Waals surface area contributed by atoms with Gasteiger partial charge in [-0.15, -0.1) is 0 Å². The minimum atomic E-state index is 0. The number of Topliss-reactive ketones (excluding diaryl/α,β-unsaturated/α-hetero) is 1. The smallest absolute Gasteiger partial charge is 0.148 e. The molecule has 0 unspecified atom stereocenters. The van der Waals surface area contributed by atoms with E-state index in [0.29, 0.717) is 24.3 Å². The molecule has 22 heavy (non-hydrogen) atoms. The van der Waals surface area contributed by atoms with E-state index in [-0.39, 0.29) is 55.0 Å². The third-order valence-corrected chi connectivity index (χ3v) is 3.25. The molecule has 2 nitrogen and oxygen atoms in total. The van der Waals surface area contributed by atoms with Crippen LogP contribution in [0.3, 0.4) is 0 Å². The van der Waals surface area contributed by atoms with Crippen molar-refractivity contribution < 1.29 is 37.5 Å². The number of rotatable bonds is 2. The molecule has 1 aliphatic rings. The fourth-order valence-corrected chi connectivity index (χ4v) is 1.93. The quantitative estimate of drug-likeness (QED) is 0.682. The van der Waals surface area contributed by atoms with Crippen molar-refractivity contribution in [3.63, 3.8) is 0 Å². The first kappa shape index (κ1) is 29.9. The molecule has 2 rings (SSSR count). The van der Waals surface area contributed by atoms with Crippen LogP contribution in [0.2, 0.25) is 0 Å². The van der Waals surface area contributed by atoms with E-state index in [1.165, 1.54) is 5.56 Å². The van der Waals surface area contributed by atoms with E-state index >= 15 is 0 Å². The second-order valence-corrected chi connectivity index (χ2v) is 5.42. The first-order valence-corrected chi connectivity index (χ1v) is 6.81. The first-order chi connectivity index (χ1) is 8.50. The molecule has 0 saturated carbocycles. The van der Waals surface area contributed by atoms with Gasteiger partial charge in [-0.25, -0.2) is 0 Å². The molecule has 0 atom stereocenters. The number of hydrogen-bond acceptors (Lipinski definition) is 2. The topological polar surface area (TPSA) is 20.3 Å². The number of carbonyl (C=O) groups excluding carboxylic acids is 1. The summed E-state index contributed by atoms with van der Waals surface area (Å²) in [6.07, 6.45) is 0.762. The van der Waals surface area contributed by atoms with Crippen LogP contribution in [0.5, 0.6) is 0 Å². The zero-order chi connectivity index (χ0) is 13.5. The molecule has 0 spiro atoms. The Bertz CT molecular complexity index is 363. The van der Waals surface area contributed by atoms with Crippen molar-refractivity contribution in [1.82, 2.24) is 4.90 Å². The summed E-state index contributed by atoms with van der Waals surface area (Å²) in [4.78, 5) is 12.9. The van der Waals surface area contributed by atoms with E-state index in [1.54, 1.807) is 0 Å². The maximum Gasteiger partial charge on any atom is 0.148 e. The molecule has 0 bridgehead atoms. The van der Waals surface area contributed by atoms with Gasteiger partial charge in [-0.2, -0.15) is 0 Å². The van der Waals surface area contributed by atoms with E-state index in [1.807, 2.05) is 6.07 Å². The molecule has 1 aliphatic heterocycles. The fraction of sp³-hybridized carbons (Fsp3) is 0.632. The van der Waals surface area contributed by atoms with Gasteiger partial charge >= 0.3 is 0 Å². The van der Waals surface area contributed by atoms with Crippen molar-refractivity contribution in [3.8, 4) is 0 Å². The second-order valence-electron chi connectivity index (χ2n) is 5.42. The van der Waals surface area contributed by atoms with E-state index in [2.05, 4.69) is 56.9 Å². The Kier molecular flexibility index (Phi) is 21.5. The molecule has 1 heterocycles. The molecule has 0 amide bonds. The summed E-state index contributed by atoms with van der Waals surface area (Å²) < 4.78 is 0. The minimum absolute atomic E-state index is 0. The summed E-state index contributed by atoms with van der Waals surface area (Å²) >= 11 is 0. The van der Waals surface area contributed by atoms with Crippen LogP contribution < -0.4 is 0 Å². The summed E-state index contributed by atoms with van der Waals surface area (Å²) in [6, 6.07) is 11.1. The van der Waals surface area contributed by atoms with Crippen LogP contribution >= 0.6 is 0 Å². The third kappa shape index (κ3) is 11.5. The molecule has 1 aromatic carbocycles. The van der Waals surface area contributed by atoms with Gasteiger partial charge in [0.25, 0.3) is 0 Å². The molecule has 0 aromatic heterocycles. The Morgan fingerprint density at radius 3 is 1.68 bits per heavy atom. The number of ketones is 1. The van der Waals surface area contributed by atoms with E-state index in [4.69, 9.17) is 0 Å². The van der Waals surface area contributed by atoms with Crippen LogP contribution in [0.25, 0.3) is 0 Å². The van der Waals surface area contributed by atoms with Crippen molar-refractivity contribution in [2.45, 2.75) is 68.4 Å². The van der Waals surface area contributed by atoms with Crippen LogP contribution in [0.1, 0.15) is 67.9 Å². The van der Waals surface area contributed by atoms with Gasteiger partial charge in [0.2, 0.25) is 0 Å². The van der Waals surface area contributed by atoms with Gasteiger partial charge in [-0.05, 0) is 25.3 Å². The van der Waals surface area contributed by atoms with Gasteiger partial charge < -0.3 is 0 Å². The van der Waals surface area contributed by atoms with Crippen LogP contribution in [-0.4, -0.2) is 29.8 Å². The Balaban J connectivity index is -0.000000125. The molecule has 1 fully saturated rings. The van der Waals surface area contributed by atoms with Gasteiger partial charge in [0, 0.05) is 51.7 Å². The summed E-state index contributed by atoms with van der Waals surface area (Å²) in [5.41, 5.74) is 1.41. The number of hydrogen-bond donors (Lipinski definition) is 0. The minimum Gasteiger partial charge on any atom is -0.298 e. The SMILES string of the molecule is C.C.C.CC(C)N1CCC(=O)C1.CC(C)c1ccccc1.[Y]. The summed E-state index contributed by atoms with van der Waals surface area (Å²) in [6.45, 7) is 10.3. The summed E-state index contributed by atoms with van der Waals surface area (Å²) in [5, 5.41) is 0. The zero-order valence-corrected chi connectivity index (χ0v) is 15.4. The Morgan fingerprint density at radius 1 is 0.955 bits per heavy atom. The van der Waals surface area contributed by atoms with Crippen molar-refractivity contribution in [1.29, 1.82) is 0 Å². The maximum atomic E-state index is 10.7. The monoisotopic (exact) mass is 384 g/mol. The van der Waals surface area contributed by atoms with Gasteiger partial charge in [0.15, 0.2) is 0 Å². The van der Waals surface area contributed by atoms with Gasteiger partial charge in [0.05, 0.1) is 6.54 Å². The molecular formula is C19H37NOY. The van der Waals surface area contributed by atoms with Crippen molar-refractivity contribution in [3.05, 3.63) is 35.9 Å². The van der Waals surface area contributed by atoms with Gasteiger partial charge in [-0.1, -0.05) is 66.5 Å². The predicted octanol–water partition coefficient (Wildman–Crippen LogP) is 5.39. The predicted molar refractivity (Wildman–Crippen MR) is 97.1 cm³/mol. The van der Waals surface area contributed by atoms with Crippen LogP contribution in [0.4, 0.5) is 0 Å². The van der Waals surface area contributed by atoms with E-state index in [0.717, 1.165) is 13.0 Å². The Morgan fingerprint density at radius 2 is 1.45 bits per heavy atom. The summed E-state index contributed by atoms with van der Waals surface area (Å²) in [5.74, 6) is 1.05. The first-order valence-electron chi connectivity index (χ1n) is 6.81. The van der Waals surface area contributed by atoms with Gasteiger partial charge in [0.1, 0.15) is 5.78 Å². The molecule has 0 N–H and O–H groups in total. The normalized spacial score (nSPS) is 13.1. The van der Waals surface area contributed by atoms with Crippen LogP contribution in [0, 0.1) is 0 Å². The molecule has 3 heteroatoms. The molecule has 127 valence electrons. The molecule has 1 aromatic rings. The third-order valence-electron chi connectivity index (χ3n) is 3.25. The second kappa shape index (κ2) is 15.8. The number of nitrogens with zero attached hydrogens (tertiary/aromatic N) is 1. The standard InChI is InChI=1S/C9H12.C7H13NO.3CH4.Y/c1-8(2)9-6-4-3-5-7-9;1-6(2)8-4-3-7(9)5-8;;;;/h3-8H,1-2H3;6H,3-5H2,1-2H3;3*1H4;. The molecular weight excluding hydrogens is 347 g/mol. The van der Waals surface area contributed by atoms with E-state index in [9.17, 15) is 4.79 Å². The maximum absolute atomic E-state index is 10.7. The molecule has 1 radical (unpaired) electrons. The zero-order valence-electron chi connectivity index (χ0n) is 12.6. The van der Waals surface area contributed by atoms with Crippen molar-refractivity contribution in [2.24, 2.45) is 0 Å². The van der Waals surface area contributed by atoms with Crippen molar-refractivity contribution >= 4 is 5.78 Å². The van der Waals surface area contributed by atoms with Gasteiger partial charge in [-0.3, -0.25) is 9.69 Å². The fourth-order valence-electron chi connectivity index (χ4n) is 1.93. The largest absolute Gasteiger partial charge is 0.298 e. The molecule has 0 aliphatic carbocycles. The summed E-state index contributed by atoms with van der Waals surface area (Å²) in [7, 11) is 0. The van der Waals surface area contributed by atoms with E-state index < -0.39 is 0 Å². The average Bonchev–Trinajstić information content (AvgIpc) is 2.78. The van der Waals surface area contributed by atoms with Crippen LogP contribution in [0.15, 0.2) is 30.3 Å².